The molecule has 0 aromatic heterocycles. The van der Waals surface area contributed by atoms with E-state index < -0.39 is 0 Å². The highest BCUT2D eigenvalue weighted by molar-refractivity contribution is 5.21. The van der Waals surface area contributed by atoms with Gasteiger partial charge in [0.2, 0.25) is 0 Å². The molecule has 0 unspecified atom stereocenters. The maximum absolute atomic E-state index is 5.03. The molecule has 0 heterocycles. The van der Waals surface area contributed by atoms with Crippen molar-refractivity contribution in [2.45, 2.75) is 12.8 Å². The van der Waals surface area contributed by atoms with Crippen LogP contribution in [0.5, 0.6) is 0 Å². The Morgan fingerprint density at radius 1 is 1.75 bits per heavy atom. The molecule has 42 valence electrons. The first kappa shape index (κ1) is 7.04. The zero-order valence-electron chi connectivity index (χ0n) is 4.98. The first-order valence-electron chi connectivity index (χ1n) is 2.56. The first-order chi connectivity index (χ1) is 3.81. The van der Waals surface area contributed by atoms with Gasteiger partial charge in [-0.2, -0.15) is 0 Å². The van der Waals surface area contributed by atoms with Crippen molar-refractivity contribution in [3.05, 3.63) is 24.8 Å². The number of hydrogen-bond acceptors (Lipinski definition) is 0. The van der Waals surface area contributed by atoms with Gasteiger partial charge in [-0.15, -0.1) is 13.0 Å². The van der Waals surface area contributed by atoms with Crippen molar-refractivity contribution >= 4 is 0 Å². The Bertz CT molecular complexity index is 123. The van der Waals surface area contributed by atoms with Gasteiger partial charge in [0.15, 0.2) is 0 Å². The van der Waals surface area contributed by atoms with Gasteiger partial charge in [-0.3, -0.25) is 0 Å². The SMILES string of the molecule is C#CC(=C)CCC=C. The summed E-state index contributed by atoms with van der Waals surface area (Å²) in [7, 11) is 0. The zero-order valence-corrected chi connectivity index (χ0v) is 4.98. The Morgan fingerprint density at radius 3 is 2.75 bits per heavy atom. The van der Waals surface area contributed by atoms with Gasteiger partial charge in [0.1, 0.15) is 0 Å². The molecule has 0 radical (unpaired) electrons. The number of rotatable bonds is 3. The van der Waals surface area contributed by atoms with Gasteiger partial charge in [-0.1, -0.05) is 18.6 Å². The molecule has 0 aromatic carbocycles. The monoisotopic (exact) mass is 106 g/mol. The molecule has 0 saturated heterocycles. The molecule has 0 heteroatoms. The third kappa shape index (κ3) is 3.24. The molecule has 0 spiro atoms. The van der Waals surface area contributed by atoms with Crippen LogP contribution in [0, 0.1) is 12.3 Å². The predicted octanol–water partition coefficient (Wildman–Crippen LogP) is 2.14. The fraction of sp³-hybridized carbons (Fsp3) is 0.250. The highest BCUT2D eigenvalue weighted by Gasteiger charge is 1.82. The summed E-state index contributed by atoms with van der Waals surface area (Å²) in [6.07, 6.45) is 8.67. The number of allylic oxidation sites excluding steroid dienone is 2. The van der Waals surface area contributed by atoms with E-state index in [2.05, 4.69) is 19.1 Å². The maximum atomic E-state index is 5.03. The van der Waals surface area contributed by atoms with Crippen LogP contribution in [-0.2, 0) is 0 Å². The number of terminal acetylenes is 1. The van der Waals surface area contributed by atoms with E-state index in [0.717, 1.165) is 18.4 Å². The second-order valence-corrected chi connectivity index (χ2v) is 1.58. The highest BCUT2D eigenvalue weighted by Crippen LogP contribution is 1.98. The van der Waals surface area contributed by atoms with E-state index in [0.29, 0.717) is 0 Å². The van der Waals surface area contributed by atoms with Crippen LogP contribution in [0.4, 0.5) is 0 Å². The molecule has 0 rings (SSSR count). The van der Waals surface area contributed by atoms with Gasteiger partial charge in [-0.25, -0.2) is 0 Å². The largest absolute Gasteiger partial charge is 0.115 e. The van der Waals surface area contributed by atoms with Gasteiger partial charge >= 0.3 is 0 Å². The predicted molar refractivity (Wildman–Crippen MR) is 37.4 cm³/mol. The van der Waals surface area contributed by atoms with Gasteiger partial charge in [0.05, 0.1) is 0 Å². The van der Waals surface area contributed by atoms with E-state index >= 15 is 0 Å². The van der Waals surface area contributed by atoms with Crippen LogP contribution in [0.1, 0.15) is 12.8 Å². The minimum atomic E-state index is 0.852. The lowest BCUT2D eigenvalue weighted by molar-refractivity contribution is 1.02. The summed E-state index contributed by atoms with van der Waals surface area (Å²) >= 11 is 0. The van der Waals surface area contributed by atoms with Crippen LogP contribution in [0.2, 0.25) is 0 Å². The Labute approximate surface area is 50.9 Å². The topological polar surface area (TPSA) is 0 Å². The average molecular weight is 106 g/mol. The quantitative estimate of drug-likeness (QED) is 0.382. The smallest absolute Gasteiger partial charge is 0.00511 e. The fourth-order valence-corrected chi connectivity index (χ4v) is 0.348. The normalized spacial score (nSPS) is 7.38. The summed E-state index contributed by atoms with van der Waals surface area (Å²) in [5.74, 6) is 2.46. The van der Waals surface area contributed by atoms with Crippen LogP contribution in [-0.4, -0.2) is 0 Å². The van der Waals surface area contributed by atoms with E-state index in [1.165, 1.54) is 0 Å². The third-order valence-corrected chi connectivity index (χ3v) is 0.854. The molecule has 0 aliphatic heterocycles. The zero-order chi connectivity index (χ0) is 6.41. The fourth-order valence-electron chi connectivity index (χ4n) is 0.348. The second kappa shape index (κ2) is 4.21. The molecule has 0 aliphatic carbocycles. The molecule has 0 amide bonds. The minimum Gasteiger partial charge on any atom is -0.115 e. The molecule has 0 saturated carbocycles. The lowest BCUT2D eigenvalue weighted by Crippen LogP contribution is -1.72. The van der Waals surface area contributed by atoms with Crippen molar-refractivity contribution in [2.24, 2.45) is 0 Å². The summed E-state index contributed by atoms with van der Waals surface area (Å²) in [5, 5.41) is 0. The molecule has 0 N–H and O–H groups in total. The Balaban J connectivity index is 3.29. The summed E-state index contributed by atoms with van der Waals surface area (Å²) in [6, 6.07) is 0. The van der Waals surface area contributed by atoms with E-state index in [9.17, 15) is 0 Å². The molecular weight excluding hydrogens is 96.1 g/mol. The van der Waals surface area contributed by atoms with Crippen molar-refractivity contribution in [2.75, 3.05) is 0 Å². The van der Waals surface area contributed by atoms with Gasteiger partial charge < -0.3 is 0 Å². The first-order valence-corrected chi connectivity index (χ1v) is 2.56. The van der Waals surface area contributed by atoms with Crippen LogP contribution in [0.15, 0.2) is 24.8 Å². The Kier molecular flexibility index (Phi) is 3.70. The van der Waals surface area contributed by atoms with Crippen molar-refractivity contribution in [1.82, 2.24) is 0 Å². The van der Waals surface area contributed by atoms with Gasteiger partial charge in [0, 0.05) is 0 Å². The highest BCUT2D eigenvalue weighted by atomic mass is 13.9. The van der Waals surface area contributed by atoms with Gasteiger partial charge in [0.25, 0.3) is 0 Å². The third-order valence-electron chi connectivity index (χ3n) is 0.854. The maximum Gasteiger partial charge on any atom is -0.00511 e. The van der Waals surface area contributed by atoms with E-state index in [-0.39, 0.29) is 0 Å². The Morgan fingerprint density at radius 2 is 2.38 bits per heavy atom. The molecular formula is C8H10. The summed E-state index contributed by atoms with van der Waals surface area (Å²) < 4.78 is 0. The standard InChI is InChI=1S/C8H10/c1-4-6-7-8(3)5-2/h2,4H,1,3,6-7H2. The molecule has 0 nitrogen and oxygen atoms in total. The van der Waals surface area contributed by atoms with Crippen LogP contribution < -0.4 is 0 Å². The van der Waals surface area contributed by atoms with Crippen molar-refractivity contribution < 1.29 is 0 Å². The van der Waals surface area contributed by atoms with Crippen molar-refractivity contribution in [3.8, 4) is 12.3 Å². The Hall–Kier alpha value is -0.960. The summed E-state index contributed by atoms with van der Waals surface area (Å²) in [6.45, 7) is 7.18. The molecule has 0 fully saturated rings. The van der Waals surface area contributed by atoms with E-state index in [4.69, 9.17) is 6.42 Å². The minimum absolute atomic E-state index is 0.852. The number of hydrogen-bond donors (Lipinski definition) is 0. The lowest BCUT2D eigenvalue weighted by Gasteiger charge is -1.88. The molecule has 8 heavy (non-hydrogen) atoms. The van der Waals surface area contributed by atoms with Crippen LogP contribution in [0.3, 0.4) is 0 Å². The average Bonchev–Trinajstić information content (AvgIpc) is 1.83. The molecule has 0 bridgehead atoms. The van der Waals surface area contributed by atoms with Crippen molar-refractivity contribution in [3.63, 3.8) is 0 Å². The van der Waals surface area contributed by atoms with Crippen LogP contribution >= 0.6 is 0 Å². The second-order valence-electron chi connectivity index (χ2n) is 1.58. The lowest BCUT2D eigenvalue weighted by atomic mass is 10.2. The van der Waals surface area contributed by atoms with Crippen molar-refractivity contribution in [1.29, 1.82) is 0 Å². The van der Waals surface area contributed by atoms with E-state index in [1.54, 1.807) is 0 Å². The molecule has 0 aromatic rings. The van der Waals surface area contributed by atoms with Gasteiger partial charge in [-0.05, 0) is 18.4 Å². The molecule has 0 aliphatic rings. The summed E-state index contributed by atoms with van der Waals surface area (Å²) in [4.78, 5) is 0. The summed E-state index contributed by atoms with van der Waals surface area (Å²) in [5.41, 5.74) is 0.852. The molecule has 0 atom stereocenters. The van der Waals surface area contributed by atoms with E-state index in [1.807, 2.05) is 6.08 Å². The van der Waals surface area contributed by atoms with Crippen LogP contribution in [0.25, 0.3) is 0 Å².